The number of Topliss-reactive ketones (excluding diaryl/α,β-unsaturated/α-hetero) is 1. The number of hydrogen-bond acceptors (Lipinski definition) is 3. The zero-order valence-corrected chi connectivity index (χ0v) is 6.63. The van der Waals surface area contributed by atoms with Gasteiger partial charge in [-0.25, -0.2) is 0 Å². The summed E-state index contributed by atoms with van der Waals surface area (Å²) in [4.78, 5) is 11.3. The number of nitrogens with one attached hydrogen (secondary N) is 1. The van der Waals surface area contributed by atoms with Crippen molar-refractivity contribution in [3.8, 4) is 0 Å². The fourth-order valence-electron chi connectivity index (χ4n) is 1.40. The number of hydrogen-bond donors (Lipinski definition) is 2. The Labute approximate surface area is 70.6 Å². The molecule has 0 unspecified atom stereocenters. The maximum atomic E-state index is 11.3. The molecule has 0 saturated carbocycles. The smallest absolute Gasteiger partial charge is 0.166 e. The highest BCUT2D eigenvalue weighted by molar-refractivity contribution is 6.03. The molecular formula is C9H10N2O. The lowest BCUT2D eigenvalue weighted by Gasteiger charge is -2.16. The van der Waals surface area contributed by atoms with Gasteiger partial charge in [0.25, 0.3) is 0 Å². The van der Waals surface area contributed by atoms with Gasteiger partial charge < -0.3 is 11.1 Å². The van der Waals surface area contributed by atoms with Gasteiger partial charge in [0.2, 0.25) is 0 Å². The van der Waals surface area contributed by atoms with Gasteiger partial charge in [0, 0.05) is 29.9 Å². The first-order valence-corrected chi connectivity index (χ1v) is 3.94. The number of nitrogen functional groups attached to an aromatic ring is 1. The van der Waals surface area contributed by atoms with Gasteiger partial charge in [-0.05, 0) is 18.2 Å². The van der Waals surface area contributed by atoms with Crippen molar-refractivity contribution < 1.29 is 4.79 Å². The third-order valence-electron chi connectivity index (χ3n) is 2.01. The van der Waals surface area contributed by atoms with Crippen LogP contribution in [0, 0.1) is 0 Å². The van der Waals surface area contributed by atoms with Crippen molar-refractivity contribution in [3.05, 3.63) is 23.8 Å². The van der Waals surface area contributed by atoms with Crippen LogP contribution in [0.25, 0.3) is 0 Å². The second-order valence-electron chi connectivity index (χ2n) is 2.90. The quantitative estimate of drug-likeness (QED) is 0.565. The Morgan fingerprint density at radius 1 is 1.42 bits per heavy atom. The third-order valence-corrected chi connectivity index (χ3v) is 2.01. The van der Waals surface area contributed by atoms with Gasteiger partial charge in [-0.3, -0.25) is 4.79 Å². The van der Waals surface area contributed by atoms with Crippen molar-refractivity contribution in [1.82, 2.24) is 0 Å². The predicted molar refractivity (Wildman–Crippen MR) is 48.3 cm³/mol. The highest BCUT2D eigenvalue weighted by Gasteiger charge is 2.15. The molecule has 0 radical (unpaired) electrons. The first-order chi connectivity index (χ1) is 5.77. The summed E-state index contributed by atoms with van der Waals surface area (Å²) in [6, 6.07) is 5.33. The van der Waals surface area contributed by atoms with Crippen LogP contribution in [-0.4, -0.2) is 12.3 Å². The van der Waals surface area contributed by atoms with E-state index >= 15 is 0 Å². The Balaban J connectivity index is 2.53. The molecule has 3 nitrogen and oxygen atoms in total. The van der Waals surface area contributed by atoms with Crippen LogP contribution in [0.15, 0.2) is 18.2 Å². The largest absolute Gasteiger partial charge is 0.399 e. The van der Waals surface area contributed by atoms with E-state index in [0.29, 0.717) is 12.1 Å². The van der Waals surface area contributed by atoms with Crippen LogP contribution >= 0.6 is 0 Å². The SMILES string of the molecule is Nc1ccc2c(c1)NCCC2=O. The van der Waals surface area contributed by atoms with Crippen LogP contribution in [-0.2, 0) is 0 Å². The molecular weight excluding hydrogens is 152 g/mol. The van der Waals surface area contributed by atoms with Crippen LogP contribution < -0.4 is 11.1 Å². The van der Waals surface area contributed by atoms with E-state index in [1.54, 1.807) is 18.2 Å². The van der Waals surface area contributed by atoms with E-state index in [1.807, 2.05) is 0 Å². The fraction of sp³-hybridized carbons (Fsp3) is 0.222. The maximum absolute atomic E-state index is 11.3. The summed E-state index contributed by atoms with van der Waals surface area (Å²) in [6.07, 6.45) is 0.580. The summed E-state index contributed by atoms with van der Waals surface area (Å²) in [5.74, 6) is 0.198. The molecule has 12 heavy (non-hydrogen) atoms. The second-order valence-corrected chi connectivity index (χ2v) is 2.90. The highest BCUT2D eigenvalue weighted by Crippen LogP contribution is 2.23. The van der Waals surface area contributed by atoms with Gasteiger partial charge >= 0.3 is 0 Å². The van der Waals surface area contributed by atoms with Crippen molar-refractivity contribution in [1.29, 1.82) is 0 Å². The van der Waals surface area contributed by atoms with Gasteiger partial charge in [-0.2, -0.15) is 0 Å². The van der Waals surface area contributed by atoms with Crippen LogP contribution in [0.3, 0.4) is 0 Å². The number of nitrogens with two attached hydrogens (primary N) is 1. The molecule has 3 heteroatoms. The predicted octanol–water partition coefficient (Wildman–Crippen LogP) is 1.27. The molecule has 0 aromatic heterocycles. The minimum atomic E-state index is 0.198. The monoisotopic (exact) mass is 162 g/mol. The molecule has 3 N–H and O–H groups in total. The third kappa shape index (κ3) is 1.03. The van der Waals surface area contributed by atoms with Gasteiger partial charge in [0.15, 0.2) is 5.78 Å². The van der Waals surface area contributed by atoms with Crippen molar-refractivity contribution in [2.24, 2.45) is 0 Å². The molecule has 2 rings (SSSR count). The topological polar surface area (TPSA) is 55.1 Å². The zero-order valence-electron chi connectivity index (χ0n) is 6.63. The molecule has 0 fully saturated rings. The summed E-state index contributed by atoms with van der Waals surface area (Å²) in [5.41, 5.74) is 7.89. The lowest BCUT2D eigenvalue weighted by molar-refractivity contribution is 0.0984. The van der Waals surface area contributed by atoms with Crippen LogP contribution in [0.1, 0.15) is 16.8 Å². The molecule has 1 aromatic carbocycles. The molecule has 0 spiro atoms. The number of carbonyl (C=O) groups is 1. The molecule has 0 bridgehead atoms. The van der Waals surface area contributed by atoms with Gasteiger partial charge in [0.1, 0.15) is 0 Å². The fourth-order valence-corrected chi connectivity index (χ4v) is 1.40. The van der Waals surface area contributed by atoms with Crippen LogP contribution in [0.4, 0.5) is 11.4 Å². The Morgan fingerprint density at radius 2 is 2.25 bits per heavy atom. The van der Waals surface area contributed by atoms with Gasteiger partial charge in [0.05, 0.1) is 0 Å². The van der Waals surface area contributed by atoms with E-state index in [4.69, 9.17) is 5.73 Å². The van der Waals surface area contributed by atoms with Crippen molar-refractivity contribution in [2.75, 3.05) is 17.6 Å². The minimum absolute atomic E-state index is 0.198. The average molecular weight is 162 g/mol. The summed E-state index contributed by atoms with van der Waals surface area (Å²) in [7, 11) is 0. The second kappa shape index (κ2) is 2.52. The standard InChI is InChI=1S/C9H10N2O/c10-6-1-2-7-8(5-6)11-4-3-9(7)12/h1-2,5,11H,3-4,10H2. The van der Waals surface area contributed by atoms with Crippen molar-refractivity contribution >= 4 is 17.2 Å². The average Bonchev–Trinajstić information content (AvgIpc) is 2.04. The minimum Gasteiger partial charge on any atom is -0.399 e. The Hall–Kier alpha value is -1.51. The van der Waals surface area contributed by atoms with Crippen molar-refractivity contribution in [2.45, 2.75) is 6.42 Å². The number of benzene rings is 1. The Kier molecular flexibility index (Phi) is 1.50. The Morgan fingerprint density at radius 3 is 3.08 bits per heavy atom. The van der Waals surface area contributed by atoms with Gasteiger partial charge in [-0.15, -0.1) is 0 Å². The number of anilines is 2. The van der Waals surface area contributed by atoms with E-state index in [0.717, 1.165) is 17.8 Å². The normalized spacial score (nSPS) is 15.2. The first-order valence-electron chi connectivity index (χ1n) is 3.94. The van der Waals surface area contributed by atoms with E-state index in [1.165, 1.54) is 0 Å². The van der Waals surface area contributed by atoms with E-state index in [9.17, 15) is 4.79 Å². The molecule has 0 atom stereocenters. The summed E-state index contributed by atoms with van der Waals surface area (Å²) < 4.78 is 0. The van der Waals surface area contributed by atoms with Crippen LogP contribution in [0.2, 0.25) is 0 Å². The molecule has 62 valence electrons. The van der Waals surface area contributed by atoms with E-state index in [2.05, 4.69) is 5.32 Å². The summed E-state index contributed by atoms with van der Waals surface area (Å²) in [6.45, 7) is 0.718. The van der Waals surface area contributed by atoms with Crippen LogP contribution in [0.5, 0.6) is 0 Å². The molecule has 1 aliphatic heterocycles. The molecule has 1 heterocycles. The lowest BCUT2D eigenvalue weighted by Crippen LogP contribution is -2.17. The summed E-state index contributed by atoms with van der Waals surface area (Å²) in [5, 5.41) is 3.13. The Bertz CT molecular complexity index is 333. The zero-order chi connectivity index (χ0) is 8.55. The maximum Gasteiger partial charge on any atom is 0.166 e. The van der Waals surface area contributed by atoms with Gasteiger partial charge in [-0.1, -0.05) is 0 Å². The molecule has 0 saturated heterocycles. The molecule has 0 aliphatic carbocycles. The first kappa shape index (κ1) is 7.16. The molecule has 1 aliphatic rings. The highest BCUT2D eigenvalue weighted by atomic mass is 16.1. The summed E-state index contributed by atoms with van der Waals surface area (Å²) >= 11 is 0. The molecule has 1 aromatic rings. The number of ketones is 1. The van der Waals surface area contributed by atoms with E-state index in [-0.39, 0.29) is 5.78 Å². The van der Waals surface area contributed by atoms with E-state index < -0.39 is 0 Å². The number of carbonyl (C=O) groups excluding carboxylic acids is 1. The molecule has 0 amide bonds. The number of fused-ring (bicyclic) bond motifs is 1. The lowest BCUT2D eigenvalue weighted by atomic mass is 10.0. The number of rotatable bonds is 0. The van der Waals surface area contributed by atoms with Crippen molar-refractivity contribution in [3.63, 3.8) is 0 Å².